The summed E-state index contributed by atoms with van der Waals surface area (Å²) in [6, 6.07) is 0. The van der Waals surface area contributed by atoms with Crippen molar-refractivity contribution < 1.29 is 49.0 Å². The van der Waals surface area contributed by atoms with E-state index in [4.69, 9.17) is 0 Å². The molecular formula is C10H8F9NO2. The first-order chi connectivity index (χ1) is 9.72. The number of rotatable bonds is 2. The number of hydrogen-bond donors (Lipinski definition) is 0. The van der Waals surface area contributed by atoms with Crippen LogP contribution in [0.15, 0.2) is 0 Å². The highest BCUT2D eigenvalue weighted by atomic mass is 19.4. The molecule has 0 radical (unpaired) electrons. The summed E-state index contributed by atoms with van der Waals surface area (Å²) in [6.07, 6.45) is -5.84. The molecule has 0 bridgehead atoms. The molecule has 128 valence electrons. The lowest BCUT2D eigenvalue weighted by Gasteiger charge is -2.33. The van der Waals surface area contributed by atoms with E-state index in [0.717, 1.165) is 0 Å². The van der Waals surface area contributed by atoms with Crippen LogP contribution in [0.25, 0.3) is 0 Å². The molecule has 2 heterocycles. The van der Waals surface area contributed by atoms with Gasteiger partial charge in [-0.1, -0.05) is 0 Å². The quantitative estimate of drug-likeness (QED) is 0.721. The molecule has 2 fully saturated rings. The number of hydrogen-bond acceptors (Lipinski definition) is 2. The van der Waals surface area contributed by atoms with E-state index in [1.807, 2.05) is 0 Å². The molecule has 22 heavy (non-hydrogen) atoms. The number of halogens is 9. The number of carbonyl (C=O) groups is 1. The SMILES string of the molecule is O=C(N1CCCC1)C(F)(F)C1(F)OC(F)(F)C(F)(F)C1(F)F. The van der Waals surface area contributed by atoms with Crippen molar-refractivity contribution >= 4 is 5.91 Å². The van der Waals surface area contributed by atoms with Gasteiger partial charge in [0.2, 0.25) is 0 Å². The second-order valence-corrected chi connectivity index (χ2v) is 4.94. The predicted molar refractivity (Wildman–Crippen MR) is 50.5 cm³/mol. The third kappa shape index (κ3) is 1.78. The topological polar surface area (TPSA) is 29.5 Å². The maximum atomic E-state index is 13.8. The molecule has 0 aromatic heterocycles. The van der Waals surface area contributed by atoms with Crippen molar-refractivity contribution in [3.05, 3.63) is 0 Å². The van der Waals surface area contributed by atoms with Crippen LogP contribution in [-0.2, 0) is 9.53 Å². The van der Waals surface area contributed by atoms with Crippen LogP contribution >= 0.6 is 0 Å². The fourth-order valence-electron chi connectivity index (χ4n) is 2.21. The summed E-state index contributed by atoms with van der Waals surface area (Å²) >= 11 is 0. The summed E-state index contributed by atoms with van der Waals surface area (Å²) in [5.74, 6) is -27.9. The van der Waals surface area contributed by atoms with Crippen LogP contribution in [0.5, 0.6) is 0 Å². The van der Waals surface area contributed by atoms with E-state index < -0.39 is 35.6 Å². The van der Waals surface area contributed by atoms with Crippen molar-refractivity contribution in [2.24, 2.45) is 0 Å². The van der Waals surface area contributed by atoms with E-state index in [0.29, 0.717) is 0 Å². The molecule has 2 aliphatic heterocycles. The Balaban J connectivity index is 2.47. The summed E-state index contributed by atoms with van der Waals surface area (Å²) in [4.78, 5) is 11.6. The summed E-state index contributed by atoms with van der Waals surface area (Å²) < 4.78 is 121. The largest absolute Gasteiger partial charge is 0.428 e. The van der Waals surface area contributed by atoms with Crippen LogP contribution in [0, 0.1) is 0 Å². The zero-order valence-corrected chi connectivity index (χ0v) is 10.5. The average Bonchev–Trinajstić information content (AvgIpc) is 2.92. The third-order valence-electron chi connectivity index (χ3n) is 3.50. The van der Waals surface area contributed by atoms with Crippen molar-refractivity contribution in [2.75, 3.05) is 13.1 Å². The molecule has 0 saturated carbocycles. The molecule has 0 spiro atoms. The number of ether oxygens (including phenoxy) is 1. The van der Waals surface area contributed by atoms with E-state index in [1.165, 1.54) is 0 Å². The van der Waals surface area contributed by atoms with Gasteiger partial charge < -0.3 is 4.90 Å². The van der Waals surface area contributed by atoms with E-state index in [1.54, 1.807) is 0 Å². The molecule has 0 aromatic carbocycles. The van der Waals surface area contributed by atoms with E-state index in [-0.39, 0.29) is 30.8 Å². The fraction of sp³-hybridized carbons (Fsp3) is 0.900. The minimum atomic E-state index is -6.62. The van der Waals surface area contributed by atoms with Crippen LogP contribution in [0.4, 0.5) is 39.5 Å². The van der Waals surface area contributed by atoms with Gasteiger partial charge in [-0.25, -0.2) is 0 Å². The zero-order chi connectivity index (χ0) is 17.2. The second kappa shape index (κ2) is 4.42. The molecule has 3 nitrogen and oxygen atoms in total. The van der Waals surface area contributed by atoms with Gasteiger partial charge in [0.25, 0.3) is 5.91 Å². The molecule has 1 unspecified atom stereocenters. The lowest BCUT2D eigenvalue weighted by molar-refractivity contribution is -0.368. The first kappa shape index (κ1) is 17.2. The van der Waals surface area contributed by atoms with Crippen molar-refractivity contribution in [2.45, 2.75) is 42.6 Å². The van der Waals surface area contributed by atoms with Crippen LogP contribution in [-0.4, -0.2) is 53.6 Å². The molecule has 1 amide bonds. The summed E-state index contributed by atoms with van der Waals surface area (Å²) in [7, 11) is 0. The van der Waals surface area contributed by atoms with Crippen LogP contribution < -0.4 is 0 Å². The normalized spacial score (nSPS) is 33.2. The Morgan fingerprint density at radius 2 is 1.36 bits per heavy atom. The van der Waals surface area contributed by atoms with Gasteiger partial charge in [0.05, 0.1) is 0 Å². The molecule has 2 saturated heterocycles. The van der Waals surface area contributed by atoms with Crippen molar-refractivity contribution in [3.8, 4) is 0 Å². The Hall–Kier alpha value is -1.20. The van der Waals surface area contributed by atoms with Gasteiger partial charge in [0.15, 0.2) is 0 Å². The van der Waals surface area contributed by atoms with Crippen molar-refractivity contribution in [1.29, 1.82) is 0 Å². The van der Waals surface area contributed by atoms with Gasteiger partial charge in [0.1, 0.15) is 0 Å². The number of carbonyl (C=O) groups excluding carboxylic acids is 1. The highest BCUT2D eigenvalue weighted by Gasteiger charge is 2.96. The van der Waals surface area contributed by atoms with Crippen LogP contribution in [0.1, 0.15) is 12.8 Å². The Bertz CT molecular complexity index is 489. The second-order valence-electron chi connectivity index (χ2n) is 4.94. The van der Waals surface area contributed by atoms with Gasteiger partial charge >= 0.3 is 29.7 Å². The number of alkyl halides is 9. The molecule has 2 rings (SSSR count). The standard InChI is InChI=1S/C10H8F9NO2/c11-6(12,5(21)20-3-1-2-4-20)9(17)7(13,14)8(15,16)10(18,19)22-9/h1-4H2. The minimum Gasteiger partial charge on any atom is -0.337 e. The highest BCUT2D eigenvalue weighted by Crippen LogP contribution is 2.64. The Kier molecular flexibility index (Phi) is 3.45. The first-order valence-corrected chi connectivity index (χ1v) is 5.92. The van der Waals surface area contributed by atoms with Crippen molar-refractivity contribution in [1.82, 2.24) is 4.90 Å². The van der Waals surface area contributed by atoms with Crippen LogP contribution in [0.3, 0.4) is 0 Å². The van der Waals surface area contributed by atoms with Gasteiger partial charge in [-0.3, -0.25) is 9.53 Å². The van der Waals surface area contributed by atoms with E-state index in [9.17, 15) is 44.3 Å². The third-order valence-corrected chi connectivity index (χ3v) is 3.50. The molecule has 0 aliphatic carbocycles. The maximum absolute atomic E-state index is 13.8. The predicted octanol–water partition coefficient (Wildman–Crippen LogP) is 2.80. The number of nitrogens with zero attached hydrogens (tertiary/aromatic N) is 1. The summed E-state index contributed by atoms with van der Waals surface area (Å²) in [6.45, 7) is -0.744. The maximum Gasteiger partial charge on any atom is 0.428 e. The molecule has 2 aliphatic rings. The Morgan fingerprint density at radius 1 is 0.909 bits per heavy atom. The van der Waals surface area contributed by atoms with E-state index >= 15 is 0 Å². The lowest BCUT2D eigenvalue weighted by Crippen LogP contribution is -2.64. The van der Waals surface area contributed by atoms with Gasteiger partial charge in [-0.15, -0.1) is 0 Å². The number of amides is 1. The molecule has 0 aromatic rings. The number of likely N-dealkylation sites (tertiary alicyclic amines) is 1. The zero-order valence-electron chi connectivity index (χ0n) is 10.5. The minimum absolute atomic E-state index is 0.185. The Morgan fingerprint density at radius 3 is 1.73 bits per heavy atom. The van der Waals surface area contributed by atoms with Crippen molar-refractivity contribution in [3.63, 3.8) is 0 Å². The van der Waals surface area contributed by atoms with Gasteiger partial charge in [0, 0.05) is 13.1 Å². The fourth-order valence-corrected chi connectivity index (χ4v) is 2.21. The van der Waals surface area contributed by atoms with Gasteiger partial charge in [-0.05, 0) is 12.8 Å². The molecule has 12 heteroatoms. The van der Waals surface area contributed by atoms with Crippen LogP contribution in [0.2, 0.25) is 0 Å². The monoisotopic (exact) mass is 345 g/mol. The molecule has 0 N–H and O–H groups in total. The average molecular weight is 345 g/mol. The summed E-state index contributed by atoms with van der Waals surface area (Å²) in [5, 5.41) is 0. The Labute approximate surface area is 117 Å². The summed E-state index contributed by atoms with van der Waals surface area (Å²) in [5.41, 5.74) is 0. The lowest BCUT2D eigenvalue weighted by atomic mass is 9.99. The first-order valence-electron chi connectivity index (χ1n) is 5.92. The molecule has 1 atom stereocenters. The van der Waals surface area contributed by atoms with E-state index in [2.05, 4.69) is 4.74 Å². The highest BCUT2D eigenvalue weighted by molar-refractivity contribution is 5.85. The van der Waals surface area contributed by atoms with Gasteiger partial charge in [-0.2, -0.15) is 39.5 Å². The molecular weight excluding hydrogens is 337 g/mol. The smallest absolute Gasteiger partial charge is 0.337 e.